The third-order valence-corrected chi connectivity index (χ3v) is 6.68. The van der Waals surface area contributed by atoms with E-state index in [1.807, 2.05) is 80.8 Å². The summed E-state index contributed by atoms with van der Waals surface area (Å²) < 4.78 is 3.32. The molecule has 0 bridgehead atoms. The molecule has 0 unspecified atom stereocenters. The minimum Gasteiger partial charge on any atom is -0.344 e. The van der Waals surface area contributed by atoms with Crippen LogP contribution in [0.1, 0.15) is 40.1 Å². The summed E-state index contributed by atoms with van der Waals surface area (Å²) >= 11 is 0. The van der Waals surface area contributed by atoms with E-state index in [1.165, 1.54) is 6.20 Å². The monoisotopic (exact) mass is 524 g/mol. The van der Waals surface area contributed by atoms with Crippen LogP contribution < -0.4 is 10.9 Å². The molecule has 1 N–H and O–H groups in total. The largest absolute Gasteiger partial charge is 0.344 e. The van der Waals surface area contributed by atoms with Gasteiger partial charge in [-0.3, -0.25) is 28.8 Å². The normalized spacial score (nSPS) is 11.7. The number of pyridine rings is 3. The maximum atomic E-state index is 14.2. The molecule has 0 fully saturated rings. The zero-order valence-electron chi connectivity index (χ0n) is 21.9. The van der Waals surface area contributed by atoms with E-state index in [0.29, 0.717) is 33.4 Å². The molecule has 0 aliphatic carbocycles. The van der Waals surface area contributed by atoms with Crippen molar-refractivity contribution in [2.45, 2.75) is 13.0 Å². The molecule has 1 amide bonds. The second kappa shape index (κ2) is 10.3. The first kappa shape index (κ1) is 24.8. The predicted molar refractivity (Wildman–Crippen MR) is 154 cm³/mol. The summed E-state index contributed by atoms with van der Waals surface area (Å²) in [6.07, 6.45) is 8.34. The lowest BCUT2D eigenvalue weighted by molar-refractivity contribution is 0.0940. The summed E-state index contributed by atoms with van der Waals surface area (Å²) in [6.45, 7) is 1.86. The molecule has 6 aromatic rings. The number of nitrogens with zero attached hydrogens (tertiary/aromatic N) is 5. The molecule has 194 valence electrons. The quantitative estimate of drug-likeness (QED) is 0.341. The van der Waals surface area contributed by atoms with Crippen molar-refractivity contribution in [2.75, 3.05) is 0 Å². The van der Waals surface area contributed by atoms with Crippen LogP contribution in [-0.4, -0.2) is 30.2 Å². The topological polar surface area (TPSA) is 94.7 Å². The molecule has 0 radical (unpaired) electrons. The van der Waals surface area contributed by atoms with E-state index in [0.717, 1.165) is 16.3 Å². The van der Waals surface area contributed by atoms with Gasteiger partial charge in [0.25, 0.3) is 11.5 Å². The zero-order valence-corrected chi connectivity index (χ0v) is 21.9. The van der Waals surface area contributed by atoms with Gasteiger partial charge in [-0.2, -0.15) is 5.10 Å². The lowest BCUT2D eigenvalue weighted by Gasteiger charge is -2.21. The number of hydrogen-bond acceptors (Lipinski definition) is 5. The van der Waals surface area contributed by atoms with Gasteiger partial charge in [0.05, 0.1) is 34.3 Å². The highest BCUT2D eigenvalue weighted by Gasteiger charge is 2.21. The first-order chi connectivity index (χ1) is 19.5. The molecule has 0 saturated heterocycles. The number of carbonyl (C=O) groups is 1. The smallest absolute Gasteiger partial charge is 0.264 e. The summed E-state index contributed by atoms with van der Waals surface area (Å²) in [5.74, 6) is 5.94. The van der Waals surface area contributed by atoms with Crippen LogP contribution in [0, 0.1) is 11.8 Å². The second-order valence-corrected chi connectivity index (χ2v) is 9.43. The molecular formula is C32H24N6O2. The van der Waals surface area contributed by atoms with E-state index in [4.69, 9.17) is 0 Å². The SMILES string of the molecule is C[C@H](NC(=O)c1cncc2cccnc12)c1cc2cccc(C#Cc3cnn(C)c3)c2c(=O)n1-c1ccccc1. The number of hydrogen-bond donors (Lipinski definition) is 1. The van der Waals surface area contributed by atoms with Crippen LogP contribution in [0.2, 0.25) is 0 Å². The minimum absolute atomic E-state index is 0.218. The third kappa shape index (κ3) is 4.61. The van der Waals surface area contributed by atoms with Crippen LogP contribution in [0.5, 0.6) is 0 Å². The Morgan fingerprint density at radius 2 is 1.77 bits per heavy atom. The third-order valence-electron chi connectivity index (χ3n) is 6.68. The van der Waals surface area contributed by atoms with Crippen LogP contribution in [0.25, 0.3) is 27.4 Å². The highest BCUT2D eigenvalue weighted by Crippen LogP contribution is 2.24. The maximum absolute atomic E-state index is 14.2. The van der Waals surface area contributed by atoms with E-state index in [1.54, 1.807) is 33.9 Å². The van der Waals surface area contributed by atoms with E-state index < -0.39 is 6.04 Å². The number of rotatable bonds is 4. The van der Waals surface area contributed by atoms with E-state index in [-0.39, 0.29) is 11.5 Å². The van der Waals surface area contributed by atoms with Crippen molar-refractivity contribution in [2.24, 2.45) is 7.05 Å². The summed E-state index contributed by atoms with van der Waals surface area (Å²) in [5, 5.41) is 9.23. The Morgan fingerprint density at radius 3 is 2.58 bits per heavy atom. The lowest BCUT2D eigenvalue weighted by Crippen LogP contribution is -2.32. The molecule has 8 heteroatoms. The fraction of sp³-hybridized carbons (Fsp3) is 0.0938. The molecule has 0 spiro atoms. The average molecular weight is 525 g/mol. The van der Waals surface area contributed by atoms with Crippen molar-refractivity contribution in [1.29, 1.82) is 0 Å². The molecule has 2 aromatic carbocycles. The Kier molecular flexibility index (Phi) is 6.38. The standard InChI is InChI=1S/C32H24N6O2/c1-21(36-31(39)27-19-33-18-25-10-7-15-34-30(25)27)28-16-24-9-6-8-23(14-13-22-17-35-37(2)20-22)29(24)32(40)38(28)26-11-4-3-5-12-26/h3-12,15-21H,1-2H3,(H,36,39)/t21-/m0/s1. The fourth-order valence-corrected chi connectivity index (χ4v) is 4.79. The minimum atomic E-state index is -0.520. The highest BCUT2D eigenvalue weighted by molar-refractivity contribution is 6.05. The van der Waals surface area contributed by atoms with Crippen LogP contribution in [0.4, 0.5) is 0 Å². The number of amides is 1. The summed E-state index contributed by atoms with van der Waals surface area (Å²) in [4.78, 5) is 36.2. The van der Waals surface area contributed by atoms with E-state index in [2.05, 4.69) is 32.2 Å². The molecule has 0 saturated carbocycles. The van der Waals surface area contributed by atoms with Crippen molar-refractivity contribution >= 4 is 27.6 Å². The van der Waals surface area contributed by atoms with Gasteiger partial charge < -0.3 is 5.32 Å². The van der Waals surface area contributed by atoms with Crippen LogP contribution in [-0.2, 0) is 7.05 Å². The number of aromatic nitrogens is 5. The molecule has 4 heterocycles. The molecule has 4 aromatic heterocycles. The van der Waals surface area contributed by atoms with Crippen molar-refractivity contribution in [3.05, 3.63) is 130 Å². The Morgan fingerprint density at radius 1 is 0.950 bits per heavy atom. The molecule has 40 heavy (non-hydrogen) atoms. The maximum Gasteiger partial charge on any atom is 0.264 e. The van der Waals surface area contributed by atoms with Gasteiger partial charge >= 0.3 is 0 Å². The summed E-state index contributed by atoms with van der Waals surface area (Å²) in [6, 6.07) is 20.1. The van der Waals surface area contributed by atoms with Gasteiger partial charge in [-0.15, -0.1) is 0 Å². The Labute approximate surface area is 230 Å². The van der Waals surface area contributed by atoms with Crippen molar-refractivity contribution in [3.63, 3.8) is 0 Å². The summed E-state index contributed by atoms with van der Waals surface area (Å²) in [7, 11) is 1.83. The molecule has 8 nitrogen and oxygen atoms in total. The van der Waals surface area contributed by atoms with Crippen molar-refractivity contribution < 1.29 is 4.79 Å². The van der Waals surface area contributed by atoms with Gasteiger partial charge in [-0.1, -0.05) is 42.2 Å². The zero-order chi connectivity index (χ0) is 27.6. The summed E-state index contributed by atoms with van der Waals surface area (Å²) in [5.41, 5.74) is 3.42. The second-order valence-electron chi connectivity index (χ2n) is 9.43. The number of nitrogens with one attached hydrogen (secondary N) is 1. The number of fused-ring (bicyclic) bond motifs is 2. The number of carbonyl (C=O) groups excluding carboxylic acids is 1. The molecule has 0 aliphatic heterocycles. The predicted octanol–water partition coefficient (Wildman–Crippen LogP) is 4.56. The van der Waals surface area contributed by atoms with Crippen LogP contribution in [0.3, 0.4) is 0 Å². The number of benzene rings is 2. The van der Waals surface area contributed by atoms with Crippen molar-refractivity contribution in [3.8, 4) is 17.5 Å². The van der Waals surface area contributed by atoms with Crippen molar-refractivity contribution in [1.82, 2.24) is 29.6 Å². The first-order valence-corrected chi connectivity index (χ1v) is 12.7. The van der Waals surface area contributed by atoms with Gasteiger partial charge in [-0.05, 0) is 48.7 Å². The Hall–Kier alpha value is -5.55. The van der Waals surface area contributed by atoms with Gasteiger partial charge in [0, 0.05) is 54.2 Å². The molecular weight excluding hydrogens is 500 g/mol. The van der Waals surface area contributed by atoms with Crippen LogP contribution >= 0.6 is 0 Å². The Balaban J connectivity index is 1.47. The van der Waals surface area contributed by atoms with E-state index >= 15 is 0 Å². The first-order valence-electron chi connectivity index (χ1n) is 12.7. The van der Waals surface area contributed by atoms with Gasteiger partial charge in [0.15, 0.2) is 0 Å². The Bertz CT molecular complexity index is 2010. The molecule has 0 aliphatic rings. The van der Waals surface area contributed by atoms with E-state index in [9.17, 15) is 9.59 Å². The highest BCUT2D eigenvalue weighted by atomic mass is 16.2. The van der Waals surface area contributed by atoms with Crippen LogP contribution in [0.15, 0.2) is 103 Å². The van der Waals surface area contributed by atoms with Gasteiger partial charge in [0.1, 0.15) is 0 Å². The number of aryl methyl sites for hydroxylation is 1. The van der Waals surface area contributed by atoms with Gasteiger partial charge in [0.2, 0.25) is 0 Å². The van der Waals surface area contributed by atoms with Gasteiger partial charge in [-0.25, -0.2) is 0 Å². The molecule has 1 atom stereocenters. The lowest BCUT2D eigenvalue weighted by atomic mass is 10.0. The fourth-order valence-electron chi connectivity index (χ4n) is 4.79. The molecule has 6 rings (SSSR count). The number of para-hydroxylation sites is 1. The average Bonchev–Trinajstić information content (AvgIpc) is 3.40.